The highest BCUT2D eigenvalue weighted by Crippen LogP contribution is 2.19. The van der Waals surface area contributed by atoms with Crippen molar-refractivity contribution in [3.8, 4) is 0 Å². The number of alkyl carbamates (subject to hydrolysis) is 1. The molecule has 0 aromatic heterocycles. The summed E-state index contributed by atoms with van der Waals surface area (Å²) >= 11 is 0. The maximum absolute atomic E-state index is 10.9. The Balaban J connectivity index is 2.01. The van der Waals surface area contributed by atoms with Crippen LogP contribution in [-0.4, -0.2) is 32.6 Å². The molecule has 1 amide bonds. The highest BCUT2D eigenvalue weighted by molar-refractivity contribution is 5.70. The van der Waals surface area contributed by atoms with Crippen LogP contribution in [-0.2, 0) is 14.2 Å². The fourth-order valence-corrected chi connectivity index (χ4v) is 1.79. The van der Waals surface area contributed by atoms with E-state index < -0.39 is 0 Å². The predicted octanol–water partition coefficient (Wildman–Crippen LogP) is 2.01. The van der Waals surface area contributed by atoms with Crippen molar-refractivity contribution in [2.24, 2.45) is 0 Å². The van der Waals surface area contributed by atoms with E-state index in [4.69, 9.17) is 14.2 Å². The van der Waals surface area contributed by atoms with Crippen molar-refractivity contribution in [1.82, 2.24) is 5.32 Å². The van der Waals surface area contributed by atoms with E-state index in [1.807, 2.05) is 42.5 Å². The molecule has 5 heteroatoms. The average molecular weight is 263 g/mol. The van der Waals surface area contributed by atoms with Crippen molar-refractivity contribution in [3.63, 3.8) is 0 Å². The monoisotopic (exact) mass is 263 g/mol. The molecule has 0 saturated carbocycles. The van der Waals surface area contributed by atoms with Gasteiger partial charge in [-0.15, -0.1) is 0 Å². The quantitative estimate of drug-likeness (QED) is 0.630. The number of ether oxygens (including phenoxy) is 3. The van der Waals surface area contributed by atoms with E-state index in [9.17, 15) is 4.79 Å². The third kappa shape index (κ3) is 4.08. The highest BCUT2D eigenvalue weighted by Gasteiger charge is 2.19. The molecular weight excluding hydrogens is 246 g/mol. The first-order valence-electron chi connectivity index (χ1n) is 6.06. The van der Waals surface area contributed by atoms with Gasteiger partial charge in [0.05, 0.1) is 6.04 Å². The summed E-state index contributed by atoms with van der Waals surface area (Å²) < 4.78 is 15.4. The van der Waals surface area contributed by atoms with Crippen LogP contribution in [0.15, 0.2) is 42.5 Å². The minimum atomic E-state index is -0.385. The van der Waals surface area contributed by atoms with Gasteiger partial charge >= 0.3 is 6.09 Å². The van der Waals surface area contributed by atoms with Crippen molar-refractivity contribution >= 4 is 6.09 Å². The van der Waals surface area contributed by atoms with Crippen LogP contribution in [0.4, 0.5) is 4.79 Å². The van der Waals surface area contributed by atoms with Gasteiger partial charge in [-0.1, -0.05) is 42.5 Å². The van der Waals surface area contributed by atoms with E-state index in [1.54, 1.807) is 7.11 Å². The van der Waals surface area contributed by atoms with Crippen molar-refractivity contribution in [2.45, 2.75) is 12.1 Å². The molecule has 0 aliphatic carbocycles. The first-order chi connectivity index (χ1) is 9.29. The minimum absolute atomic E-state index is 0.107. The molecule has 102 valence electrons. The molecule has 1 fully saturated rings. The molecular formula is C14H17NO4. The molecule has 1 saturated heterocycles. The van der Waals surface area contributed by atoms with Gasteiger partial charge in [-0.3, -0.25) is 0 Å². The van der Waals surface area contributed by atoms with Crippen LogP contribution < -0.4 is 5.32 Å². The topological polar surface area (TPSA) is 56.8 Å². The molecule has 1 aliphatic heterocycles. The summed E-state index contributed by atoms with van der Waals surface area (Å²) in [5, 5.41) is 2.68. The summed E-state index contributed by atoms with van der Waals surface area (Å²) in [5.41, 5.74) is 1.03. The number of nitrogens with one attached hydrogen (secondary N) is 1. The highest BCUT2D eigenvalue weighted by atomic mass is 16.7. The number of hydrogen-bond donors (Lipinski definition) is 1. The van der Waals surface area contributed by atoms with E-state index in [0.29, 0.717) is 6.61 Å². The number of benzene rings is 1. The maximum atomic E-state index is 10.9. The van der Waals surface area contributed by atoms with Gasteiger partial charge in [0, 0.05) is 7.11 Å². The van der Waals surface area contributed by atoms with Gasteiger partial charge in [-0.25, -0.2) is 4.79 Å². The van der Waals surface area contributed by atoms with Gasteiger partial charge in [-0.05, 0) is 5.56 Å². The molecule has 0 unspecified atom stereocenters. The molecule has 1 aromatic carbocycles. The van der Waals surface area contributed by atoms with Gasteiger partial charge in [0.1, 0.15) is 19.5 Å². The van der Waals surface area contributed by atoms with Crippen LogP contribution in [0.3, 0.4) is 0 Å². The van der Waals surface area contributed by atoms with E-state index >= 15 is 0 Å². The number of methoxy groups -OCH3 is 1. The van der Waals surface area contributed by atoms with Crippen molar-refractivity contribution in [3.05, 3.63) is 48.0 Å². The molecule has 1 N–H and O–H groups in total. The molecule has 1 heterocycles. The number of hydrogen-bond acceptors (Lipinski definition) is 4. The second-order valence-electron chi connectivity index (χ2n) is 4.14. The van der Waals surface area contributed by atoms with E-state index in [2.05, 4.69) is 5.32 Å². The summed E-state index contributed by atoms with van der Waals surface area (Å²) in [5.74, 6) is 0. The second kappa shape index (κ2) is 6.92. The fourth-order valence-electron chi connectivity index (χ4n) is 1.79. The number of carbonyl (C=O) groups excluding carboxylic acids is 1. The maximum Gasteiger partial charge on any atom is 0.407 e. The lowest BCUT2D eigenvalue weighted by Crippen LogP contribution is -2.23. The predicted molar refractivity (Wildman–Crippen MR) is 69.6 cm³/mol. The molecule has 2 rings (SSSR count). The molecule has 0 radical (unpaired) electrons. The Hall–Kier alpha value is -1.85. The van der Waals surface area contributed by atoms with Crippen LogP contribution in [0.2, 0.25) is 0 Å². The normalized spacial score (nSPS) is 20.3. The van der Waals surface area contributed by atoms with Gasteiger partial charge < -0.3 is 19.5 Å². The Bertz CT molecular complexity index is 432. The Morgan fingerprint density at radius 3 is 2.89 bits per heavy atom. The van der Waals surface area contributed by atoms with Crippen molar-refractivity contribution in [1.29, 1.82) is 0 Å². The van der Waals surface area contributed by atoms with Crippen LogP contribution in [0.5, 0.6) is 0 Å². The lowest BCUT2D eigenvalue weighted by atomic mass is 10.1. The first kappa shape index (κ1) is 13.6. The zero-order valence-corrected chi connectivity index (χ0v) is 10.7. The zero-order valence-electron chi connectivity index (χ0n) is 10.7. The lowest BCUT2D eigenvalue weighted by Gasteiger charge is -2.14. The molecule has 1 aliphatic rings. The number of carbonyl (C=O) groups is 1. The minimum Gasteiger partial charge on any atom is -0.447 e. The molecule has 2 atom stereocenters. The Morgan fingerprint density at radius 1 is 1.47 bits per heavy atom. The summed E-state index contributed by atoms with van der Waals surface area (Å²) in [6.45, 7) is 0.554. The fraction of sp³-hybridized carbons (Fsp3) is 0.357. The van der Waals surface area contributed by atoms with Crippen LogP contribution >= 0.6 is 0 Å². The summed E-state index contributed by atoms with van der Waals surface area (Å²) in [4.78, 5) is 10.9. The SMILES string of the molecule is COCO[C@@H](/C=C/[C@H]1COC(=O)N1)c1ccccc1. The summed E-state index contributed by atoms with van der Waals surface area (Å²) in [6, 6.07) is 9.71. The molecule has 1 aromatic rings. The first-order valence-corrected chi connectivity index (χ1v) is 6.06. The Labute approximate surface area is 112 Å². The Morgan fingerprint density at radius 2 is 2.26 bits per heavy atom. The lowest BCUT2D eigenvalue weighted by molar-refractivity contribution is -0.0567. The van der Waals surface area contributed by atoms with Crippen LogP contribution in [0.1, 0.15) is 11.7 Å². The second-order valence-corrected chi connectivity index (χ2v) is 4.14. The third-order valence-electron chi connectivity index (χ3n) is 2.71. The largest absolute Gasteiger partial charge is 0.447 e. The van der Waals surface area contributed by atoms with Crippen LogP contribution in [0.25, 0.3) is 0 Å². The zero-order chi connectivity index (χ0) is 13.5. The average Bonchev–Trinajstić information content (AvgIpc) is 2.86. The molecule has 0 spiro atoms. The summed E-state index contributed by atoms with van der Waals surface area (Å²) in [6.07, 6.45) is 3.18. The smallest absolute Gasteiger partial charge is 0.407 e. The number of amides is 1. The van der Waals surface area contributed by atoms with E-state index in [1.165, 1.54) is 0 Å². The number of cyclic esters (lactones) is 1. The molecule has 0 bridgehead atoms. The molecule has 5 nitrogen and oxygen atoms in total. The number of rotatable bonds is 6. The van der Waals surface area contributed by atoms with Gasteiger partial charge in [0.2, 0.25) is 0 Å². The van der Waals surface area contributed by atoms with E-state index in [-0.39, 0.29) is 25.0 Å². The molecule has 19 heavy (non-hydrogen) atoms. The Kier molecular flexibility index (Phi) is 4.94. The van der Waals surface area contributed by atoms with Gasteiger partial charge in [0.15, 0.2) is 0 Å². The van der Waals surface area contributed by atoms with Crippen molar-refractivity contribution in [2.75, 3.05) is 20.5 Å². The summed E-state index contributed by atoms with van der Waals surface area (Å²) in [7, 11) is 1.58. The van der Waals surface area contributed by atoms with Gasteiger partial charge in [-0.2, -0.15) is 0 Å². The van der Waals surface area contributed by atoms with Crippen molar-refractivity contribution < 1.29 is 19.0 Å². The standard InChI is InChI=1S/C14H17NO4/c1-17-10-19-13(11-5-3-2-4-6-11)8-7-12-9-18-14(16)15-12/h2-8,12-13H,9-10H2,1H3,(H,15,16)/b8-7+/t12-,13-/m0/s1. The van der Waals surface area contributed by atoms with Crippen LogP contribution in [0, 0.1) is 0 Å². The third-order valence-corrected chi connectivity index (χ3v) is 2.71. The van der Waals surface area contributed by atoms with E-state index in [0.717, 1.165) is 5.56 Å². The van der Waals surface area contributed by atoms with Gasteiger partial charge in [0.25, 0.3) is 0 Å².